The van der Waals surface area contributed by atoms with Crippen LogP contribution < -0.4 is 5.32 Å². The van der Waals surface area contributed by atoms with Crippen molar-refractivity contribution < 1.29 is 4.79 Å². The zero-order chi connectivity index (χ0) is 16.5. The van der Waals surface area contributed by atoms with Gasteiger partial charge in [0.15, 0.2) is 5.13 Å². The van der Waals surface area contributed by atoms with E-state index in [1.165, 1.54) is 17.4 Å². The topological polar surface area (TPSA) is 54.9 Å². The molecular formula is C18H13N3OS2. The number of aromatic nitrogens is 2. The van der Waals surface area contributed by atoms with Crippen molar-refractivity contribution in [3.05, 3.63) is 59.1 Å². The highest BCUT2D eigenvalue weighted by Gasteiger charge is 2.11. The summed E-state index contributed by atoms with van der Waals surface area (Å²) in [5.74, 6) is -0.186. The van der Waals surface area contributed by atoms with Crippen LogP contribution in [0.2, 0.25) is 0 Å². The summed E-state index contributed by atoms with van der Waals surface area (Å²) in [6, 6.07) is 13.6. The summed E-state index contributed by atoms with van der Waals surface area (Å²) in [6.45, 7) is 1.99. The number of carbonyl (C=O) groups is 1. The molecule has 0 unspecified atom stereocenters. The molecule has 0 radical (unpaired) electrons. The highest BCUT2D eigenvalue weighted by Crippen LogP contribution is 2.35. The molecule has 0 aliphatic heterocycles. The number of fused-ring (bicyclic) bond motifs is 3. The second kappa shape index (κ2) is 6.14. The van der Waals surface area contributed by atoms with Crippen LogP contribution in [0.1, 0.15) is 10.6 Å². The number of thiazole rings is 2. The summed E-state index contributed by atoms with van der Waals surface area (Å²) in [4.78, 5) is 21.1. The van der Waals surface area contributed by atoms with Crippen LogP contribution in [-0.2, 0) is 4.79 Å². The molecule has 0 saturated carbocycles. The maximum atomic E-state index is 12.1. The van der Waals surface area contributed by atoms with E-state index in [4.69, 9.17) is 0 Å². The normalized spacial score (nSPS) is 11.5. The van der Waals surface area contributed by atoms with Gasteiger partial charge in [0.05, 0.1) is 25.4 Å². The van der Waals surface area contributed by atoms with E-state index in [2.05, 4.69) is 15.3 Å². The average molecular weight is 351 g/mol. The molecule has 0 aliphatic rings. The van der Waals surface area contributed by atoms with E-state index in [1.54, 1.807) is 17.4 Å². The van der Waals surface area contributed by atoms with Crippen LogP contribution in [0.3, 0.4) is 0 Å². The Bertz CT molecular complexity index is 1060. The van der Waals surface area contributed by atoms with E-state index >= 15 is 0 Å². The lowest BCUT2D eigenvalue weighted by Crippen LogP contribution is -2.07. The van der Waals surface area contributed by atoms with Crippen molar-refractivity contribution in [1.29, 1.82) is 0 Å². The molecule has 2 aromatic heterocycles. The van der Waals surface area contributed by atoms with Gasteiger partial charge in [-0.15, -0.1) is 11.3 Å². The fourth-order valence-corrected chi connectivity index (χ4v) is 4.43. The quantitative estimate of drug-likeness (QED) is 0.536. The first kappa shape index (κ1) is 15.0. The van der Waals surface area contributed by atoms with Crippen molar-refractivity contribution >= 4 is 60.2 Å². The number of nitrogens with zero attached hydrogens (tertiary/aromatic N) is 2. The highest BCUT2D eigenvalue weighted by molar-refractivity contribution is 7.28. The molecule has 2 heterocycles. The second-order valence-electron chi connectivity index (χ2n) is 5.25. The Kier molecular flexibility index (Phi) is 3.84. The maximum Gasteiger partial charge on any atom is 0.250 e. The second-order valence-corrected chi connectivity index (χ2v) is 7.45. The summed E-state index contributed by atoms with van der Waals surface area (Å²) in [6.07, 6.45) is 3.31. The third kappa shape index (κ3) is 2.93. The molecule has 0 bridgehead atoms. The first-order valence-electron chi connectivity index (χ1n) is 7.40. The Morgan fingerprint density at radius 1 is 1.00 bits per heavy atom. The molecule has 0 atom stereocenters. The summed E-state index contributed by atoms with van der Waals surface area (Å²) in [5, 5.41) is 4.47. The Morgan fingerprint density at radius 2 is 1.71 bits per heavy atom. The van der Waals surface area contributed by atoms with Crippen LogP contribution in [-0.4, -0.2) is 15.9 Å². The predicted molar refractivity (Wildman–Crippen MR) is 102 cm³/mol. The molecule has 118 valence electrons. The highest BCUT2D eigenvalue weighted by atomic mass is 32.1. The van der Waals surface area contributed by atoms with Crippen LogP contribution in [0, 0.1) is 6.92 Å². The number of rotatable bonds is 3. The molecule has 1 amide bonds. The molecule has 0 spiro atoms. The van der Waals surface area contributed by atoms with Crippen LogP contribution in [0.4, 0.5) is 5.13 Å². The lowest BCUT2D eigenvalue weighted by molar-refractivity contribution is -0.111. The van der Waals surface area contributed by atoms with Crippen molar-refractivity contribution in [2.45, 2.75) is 6.92 Å². The van der Waals surface area contributed by atoms with Gasteiger partial charge in [0.2, 0.25) is 5.91 Å². The monoisotopic (exact) mass is 351 g/mol. The molecule has 6 heteroatoms. The number of benzene rings is 2. The van der Waals surface area contributed by atoms with Gasteiger partial charge in [-0.1, -0.05) is 41.7 Å². The Morgan fingerprint density at radius 3 is 2.50 bits per heavy atom. The summed E-state index contributed by atoms with van der Waals surface area (Å²) >= 11 is 3.14. The number of anilines is 1. The third-order valence-corrected chi connectivity index (χ3v) is 5.61. The van der Waals surface area contributed by atoms with E-state index in [0.29, 0.717) is 5.13 Å². The fourth-order valence-electron chi connectivity index (χ4n) is 2.42. The van der Waals surface area contributed by atoms with Gasteiger partial charge in [0.25, 0.3) is 0 Å². The molecule has 2 aromatic carbocycles. The summed E-state index contributed by atoms with van der Waals surface area (Å²) in [7, 11) is 0. The Labute approximate surface area is 146 Å². The zero-order valence-electron chi connectivity index (χ0n) is 12.8. The number of amides is 1. The molecule has 1 N–H and O–H groups in total. The molecule has 4 aromatic rings. The molecule has 0 aliphatic carbocycles. The number of hydrogen-bond acceptors (Lipinski definition) is 5. The summed E-state index contributed by atoms with van der Waals surface area (Å²) in [5.41, 5.74) is 2.85. The molecular weight excluding hydrogens is 338 g/mol. The van der Waals surface area contributed by atoms with Gasteiger partial charge < -0.3 is 0 Å². The van der Waals surface area contributed by atoms with Crippen LogP contribution in [0.25, 0.3) is 26.5 Å². The van der Waals surface area contributed by atoms with Crippen LogP contribution in [0.15, 0.2) is 48.5 Å². The smallest absolute Gasteiger partial charge is 0.250 e. The van der Waals surface area contributed by atoms with Gasteiger partial charge in [0.1, 0.15) is 0 Å². The van der Waals surface area contributed by atoms with Crippen LogP contribution >= 0.6 is 22.7 Å². The van der Waals surface area contributed by atoms with E-state index in [9.17, 15) is 4.79 Å². The van der Waals surface area contributed by atoms with Gasteiger partial charge in [0, 0.05) is 6.08 Å². The maximum absolute atomic E-state index is 12.1. The van der Waals surface area contributed by atoms with E-state index < -0.39 is 0 Å². The fraction of sp³-hybridized carbons (Fsp3) is 0.0556. The molecule has 0 fully saturated rings. The Balaban J connectivity index is 1.59. The number of nitrogens with one attached hydrogen (secondary N) is 1. The van der Waals surface area contributed by atoms with Gasteiger partial charge >= 0.3 is 0 Å². The number of carbonyl (C=O) groups excluding carboxylic acids is 1. The minimum atomic E-state index is -0.186. The predicted octanol–water partition coefficient (Wildman–Crippen LogP) is 4.87. The number of hydrogen-bond donors (Lipinski definition) is 1. The van der Waals surface area contributed by atoms with Crippen molar-refractivity contribution in [2.75, 3.05) is 5.32 Å². The molecule has 0 saturated heterocycles. The SMILES string of the molecule is Cc1nc2ccc3nc(NC(=O)C=Cc4ccccc4)sc3c2s1. The first-order valence-corrected chi connectivity index (χ1v) is 9.03. The number of aryl methyl sites for hydroxylation is 1. The molecule has 4 nitrogen and oxygen atoms in total. The van der Waals surface area contributed by atoms with E-state index in [-0.39, 0.29) is 5.91 Å². The third-order valence-electron chi connectivity index (χ3n) is 3.48. The zero-order valence-corrected chi connectivity index (χ0v) is 14.4. The average Bonchev–Trinajstić information content (AvgIpc) is 3.15. The summed E-state index contributed by atoms with van der Waals surface area (Å²) < 4.78 is 2.20. The van der Waals surface area contributed by atoms with Gasteiger partial charge in [-0.25, -0.2) is 9.97 Å². The van der Waals surface area contributed by atoms with E-state index in [0.717, 1.165) is 31.0 Å². The minimum absolute atomic E-state index is 0.186. The van der Waals surface area contributed by atoms with Gasteiger partial charge in [-0.2, -0.15) is 0 Å². The van der Waals surface area contributed by atoms with Crippen molar-refractivity contribution in [2.24, 2.45) is 0 Å². The Hall–Kier alpha value is -2.57. The minimum Gasteiger partial charge on any atom is -0.298 e. The van der Waals surface area contributed by atoms with Crippen LogP contribution in [0.5, 0.6) is 0 Å². The van der Waals surface area contributed by atoms with E-state index in [1.807, 2.05) is 49.4 Å². The standard InChI is InChI=1S/C18H13N3OS2/c1-11-19-13-8-9-14-17(16(13)23-11)24-18(20-14)21-15(22)10-7-12-5-3-2-4-6-12/h2-10H,1H3,(H,20,21,22). The first-order chi connectivity index (χ1) is 11.7. The lowest BCUT2D eigenvalue weighted by atomic mass is 10.2. The van der Waals surface area contributed by atoms with Gasteiger partial charge in [-0.05, 0) is 30.7 Å². The molecule has 24 heavy (non-hydrogen) atoms. The molecule has 4 rings (SSSR count). The van der Waals surface area contributed by atoms with Crippen molar-refractivity contribution in [3.8, 4) is 0 Å². The lowest BCUT2D eigenvalue weighted by Gasteiger charge is -1.95. The van der Waals surface area contributed by atoms with Crippen molar-refractivity contribution in [1.82, 2.24) is 9.97 Å². The van der Waals surface area contributed by atoms with Crippen molar-refractivity contribution in [3.63, 3.8) is 0 Å². The van der Waals surface area contributed by atoms with Gasteiger partial charge in [-0.3, -0.25) is 10.1 Å². The largest absolute Gasteiger partial charge is 0.298 e.